The van der Waals surface area contributed by atoms with Crippen LogP contribution in [0.1, 0.15) is 33.6 Å². The van der Waals surface area contributed by atoms with Crippen molar-refractivity contribution in [2.75, 3.05) is 0 Å². The molecule has 3 heteroatoms. The second-order valence-corrected chi connectivity index (χ2v) is 6.22. The molecule has 0 aliphatic rings. The van der Waals surface area contributed by atoms with Gasteiger partial charge in [0.15, 0.2) is 8.80 Å². The maximum Gasteiger partial charge on any atom is 0.192 e. The number of carbonyl (C=O) groups is 2. The van der Waals surface area contributed by atoms with Crippen LogP contribution in [-0.2, 0) is 9.59 Å². The fraction of sp³-hybridized carbons (Fsp3) is 0.750. The summed E-state index contributed by atoms with van der Waals surface area (Å²) in [5.74, 6) is 0. The molecule has 0 bridgehead atoms. The van der Waals surface area contributed by atoms with Crippen molar-refractivity contribution in [2.24, 2.45) is 0 Å². The number of hydrogen-bond acceptors (Lipinski definition) is 2. The molecule has 2 nitrogen and oxygen atoms in total. The maximum absolute atomic E-state index is 10.9. The van der Waals surface area contributed by atoms with Crippen LogP contribution in [0.15, 0.2) is 0 Å². The van der Waals surface area contributed by atoms with Gasteiger partial charge in [0, 0.05) is 0 Å². The Kier molecular flexibility index (Phi) is 5.03. The van der Waals surface area contributed by atoms with Crippen molar-refractivity contribution in [3.63, 3.8) is 0 Å². The Morgan fingerprint density at radius 1 is 1.18 bits per heavy atom. The van der Waals surface area contributed by atoms with Crippen LogP contribution in [0.4, 0.5) is 0 Å². The Morgan fingerprint density at radius 2 is 1.64 bits per heavy atom. The van der Waals surface area contributed by atoms with Gasteiger partial charge < -0.3 is 9.59 Å². The third-order valence-electron chi connectivity index (χ3n) is 1.83. The number of unbranched alkanes of at least 4 members (excludes halogenated alkanes) is 1. The van der Waals surface area contributed by atoms with E-state index in [1.54, 1.807) is 13.8 Å². The molecule has 0 aromatic rings. The Bertz CT molecular complexity index is 140. The highest BCUT2D eigenvalue weighted by molar-refractivity contribution is 7.10. The van der Waals surface area contributed by atoms with Crippen LogP contribution >= 0.6 is 0 Å². The van der Waals surface area contributed by atoms with E-state index in [4.69, 9.17) is 0 Å². The van der Waals surface area contributed by atoms with E-state index in [9.17, 15) is 9.59 Å². The van der Waals surface area contributed by atoms with Crippen LogP contribution in [0.2, 0.25) is 6.04 Å². The predicted molar refractivity (Wildman–Crippen MR) is 48.2 cm³/mol. The highest BCUT2D eigenvalue weighted by atomic mass is 28.3. The lowest BCUT2D eigenvalue weighted by Crippen LogP contribution is -2.31. The van der Waals surface area contributed by atoms with Crippen LogP contribution in [-0.4, -0.2) is 19.6 Å². The van der Waals surface area contributed by atoms with Crippen molar-refractivity contribution in [1.29, 1.82) is 0 Å². The van der Waals surface area contributed by atoms with Crippen LogP contribution in [0, 0.1) is 0 Å². The summed E-state index contributed by atoms with van der Waals surface area (Å²) >= 11 is 0. The lowest BCUT2D eigenvalue weighted by Gasteiger charge is -2.05. The summed E-state index contributed by atoms with van der Waals surface area (Å²) in [4.78, 5) is 21.9. The fourth-order valence-corrected chi connectivity index (χ4v) is 3.30. The number of rotatable bonds is 5. The minimum atomic E-state index is -1.68. The molecule has 0 radical (unpaired) electrons. The van der Waals surface area contributed by atoms with Gasteiger partial charge in [0.05, 0.1) is 0 Å². The fourth-order valence-electron chi connectivity index (χ4n) is 1.10. The first kappa shape index (κ1) is 10.6. The highest BCUT2D eigenvalue weighted by Gasteiger charge is 2.20. The molecule has 0 aliphatic carbocycles. The molecule has 0 aromatic heterocycles. The van der Waals surface area contributed by atoms with Gasteiger partial charge in [-0.1, -0.05) is 19.8 Å². The van der Waals surface area contributed by atoms with Crippen molar-refractivity contribution in [2.45, 2.75) is 39.7 Å². The molecule has 64 valence electrons. The molecule has 0 unspecified atom stereocenters. The summed E-state index contributed by atoms with van der Waals surface area (Å²) in [6, 6.07) is 0.862. The average molecular weight is 172 g/mol. The Morgan fingerprint density at radius 3 is 1.91 bits per heavy atom. The van der Waals surface area contributed by atoms with Crippen molar-refractivity contribution >= 4 is 19.6 Å². The molecule has 0 aliphatic heterocycles. The number of hydrogen-bond donors (Lipinski definition) is 0. The van der Waals surface area contributed by atoms with Gasteiger partial charge in [-0.2, -0.15) is 0 Å². The SMILES string of the molecule is CCCC[SiH](C(C)=O)C(C)=O. The minimum absolute atomic E-state index is 0.144. The summed E-state index contributed by atoms with van der Waals surface area (Å²) < 4.78 is 0. The van der Waals surface area contributed by atoms with Crippen LogP contribution in [0.25, 0.3) is 0 Å². The van der Waals surface area contributed by atoms with Gasteiger partial charge in [-0.15, -0.1) is 0 Å². The first-order chi connectivity index (χ1) is 5.09. The van der Waals surface area contributed by atoms with E-state index in [-0.39, 0.29) is 10.8 Å². The molecule has 0 amide bonds. The molecule has 0 atom stereocenters. The van der Waals surface area contributed by atoms with Gasteiger partial charge in [0.25, 0.3) is 0 Å². The Hall–Kier alpha value is -0.443. The van der Waals surface area contributed by atoms with Gasteiger partial charge in [-0.05, 0) is 19.9 Å². The first-order valence-electron chi connectivity index (χ1n) is 4.10. The topological polar surface area (TPSA) is 34.1 Å². The lowest BCUT2D eigenvalue weighted by molar-refractivity contribution is -0.113. The van der Waals surface area contributed by atoms with Crippen molar-refractivity contribution in [3.8, 4) is 0 Å². The van der Waals surface area contributed by atoms with Crippen LogP contribution in [0.3, 0.4) is 0 Å². The Labute approximate surface area is 69.6 Å². The minimum Gasteiger partial charge on any atom is -0.306 e. The highest BCUT2D eigenvalue weighted by Crippen LogP contribution is 2.02. The second kappa shape index (κ2) is 5.24. The van der Waals surface area contributed by atoms with Gasteiger partial charge in [0.2, 0.25) is 0 Å². The van der Waals surface area contributed by atoms with Gasteiger partial charge >= 0.3 is 0 Å². The zero-order valence-electron chi connectivity index (χ0n) is 7.52. The van der Waals surface area contributed by atoms with E-state index in [0.29, 0.717) is 0 Å². The van der Waals surface area contributed by atoms with E-state index in [2.05, 4.69) is 6.92 Å². The largest absolute Gasteiger partial charge is 0.306 e. The maximum atomic E-state index is 10.9. The smallest absolute Gasteiger partial charge is 0.192 e. The van der Waals surface area contributed by atoms with E-state index < -0.39 is 8.80 Å². The summed E-state index contributed by atoms with van der Waals surface area (Å²) in [5.41, 5.74) is 0. The lowest BCUT2D eigenvalue weighted by atomic mass is 10.4. The van der Waals surface area contributed by atoms with E-state index >= 15 is 0 Å². The van der Waals surface area contributed by atoms with Crippen LogP contribution in [0.5, 0.6) is 0 Å². The van der Waals surface area contributed by atoms with E-state index in [0.717, 1.165) is 18.9 Å². The van der Waals surface area contributed by atoms with Crippen molar-refractivity contribution < 1.29 is 9.59 Å². The van der Waals surface area contributed by atoms with Gasteiger partial charge in [-0.3, -0.25) is 0 Å². The second-order valence-electron chi connectivity index (χ2n) is 2.92. The zero-order valence-corrected chi connectivity index (χ0v) is 8.67. The van der Waals surface area contributed by atoms with Gasteiger partial charge in [0.1, 0.15) is 10.8 Å². The number of carbonyl (C=O) groups excluding carboxylic acids is 2. The predicted octanol–water partition coefficient (Wildman–Crippen LogP) is 1.27. The molecular formula is C8H16O2Si. The molecule has 0 fully saturated rings. The van der Waals surface area contributed by atoms with Crippen molar-refractivity contribution in [1.82, 2.24) is 0 Å². The normalized spacial score (nSPS) is 10.2. The van der Waals surface area contributed by atoms with E-state index in [1.807, 2.05) is 0 Å². The molecule has 0 saturated heterocycles. The average Bonchev–Trinajstić information content (AvgIpc) is 1.87. The third-order valence-corrected chi connectivity index (χ3v) is 4.78. The summed E-state index contributed by atoms with van der Waals surface area (Å²) in [7, 11) is -1.68. The van der Waals surface area contributed by atoms with Crippen LogP contribution < -0.4 is 0 Å². The van der Waals surface area contributed by atoms with Gasteiger partial charge in [-0.25, -0.2) is 0 Å². The van der Waals surface area contributed by atoms with Crippen molar-refractivity contribution in [3.05, 3.63) is 0 Å². The molecule has 0 aromatic carbocycles. The molecule has 0 rings (SSSR count). The van der Waals surface area contributed by atoms with E-state index in [1.165, 1.54) is 0 Å². The summed E-state index contributed by atoms with van der Waals surface area (Å²) in [6.07, 6.45) is 2.10. The molecule has 11 heavy (non-hydrogen) atoms. The molecule has 0 saturated carbocycles. The third kappa shape index (κ3) is 4.09. The summed E-state index contributed by atoms with van der Waals surface area (Å²) in [6.45, 7) is 5.17. The monoisotopic (exact) mass is 172 g/mol. The standard InChI is InChI=1S/C8H16O2Si/c1-4-5-6-11(7(2)9)8(3)10/h11H,4-6H2,1-3H3. The molecule has 0 spiro atoms. The quantitative estimate of drug-likeness (QED) is 0.585. The molecule has 0 heterocycles. The Balaban J connectivity index is 3.90. The summed E-state index contributed by atoms with van der Waals surface area (Å²) in [5, 5.41) is 0.289. The zero-order chi connectivity index (χ0) is 8.85. The first-order valence-corrected chi connectivity index (χ1v) is 6.07. The molecular weight excluding hydrogens is 156 g/mol. The molecule has 0 N–H and O–H groups in total.